The maximum atomic E-state index is 14.3. The molecule has 4 fully saturated rings. The van der Waals surface area contributed by atoms with Crippen LogP contribution in [0.15, 0.2) is 0 Å². The second kappa shape index (κ2) is 8.09. The van der Waals surface area contributed by atoms with E-state index in [9.17, 15) is 8.78 Å². The molecule has 0 aliphatic carbocycles. The van der Waals surface area contributed by atoms with Crippen LogP contribution in [0.5, 0.6) is 0 Å². The van der Waals surface area contributed by atoms with E-state index in [0.717, 1.165) is 38.6 Å². The summed E-state index contributed by atoms with van der Waals surface area (Å²) in [6.45, 7) is 9.59. The lowest BCUT2D eigenvalue weighted by Gasteiger charge is -2.36. The van der Waals surface area contributed by atoms with Crippen molar-refractivity contribution in [3.8, 4) is 0 Å². The van der Waals surface area contributed by atoms with Gasteiger partial charge in [0.15, 0.2) is 0 Å². The normalized spacial score (nSPS) is 42.4. The van der Waals surface area contributed by atoms with E-state index in [0.29, 0.717) is 45.2 Å². The van der Waals surface area contributed by atoms with Gasteiger partial charge < -0.3 is 9.47 Å². The fourth-order valence-electron chi connectivity index (χ4n) is 6.35. The van der Waals surface area contributed by atoms with E-state index in [-0.39, 0.29) is 23.3 Å². The van der Waals surface area contributed by atoms with Crippen molar-refractivity contribution < 1.29 is 18.3 Å². The van der Waals surface area contributed by atoms with Crippen molar-refractivity contribution in [1.29, 1.82) is 0 Å². The van der Waals surface area contributed by atoms with Crippen LogP contribution in [-0.4, -0.2) is 84.3 Å². The highest BCUT2D eigenvalue weighted by atomic mass is 19.1. The zero-order valence-electron chi connectivity index (χ0n) is 17.8. The summed E-state index contributed by atoms with van der Waals surface area (Å²) in [7, 11) is 0. The summed E-state index contributed by atoms with van der Waals surface area (Å²) >= 11 is 0. The molecular weight excluding hydrogens is 362 g/mol. The topological polar surface area (TPSA) is 24.9 Å². The average Bonchev–Trinajstić information content (AvgIpc) is 3.31. The number of hydrogen-bond acceptors (Lipinski definition) is 4. The molecule has 0 amide bonds. The second-order valence-corrected chi connectivity index (χ2v) is 10.2. The number of alkyl halides is 2. The fourth-order valence-corrected chi connectivity index (χ4v) is 6.35. The van der Waals surface area contributed by atoms with E-state index in [2.05, 4.69) is 16.7 Å². The predicted octanol–water partition coefficient (Wildman–Crippen LogP) is 3.73. The molecular formula is C22H38F2N2O2. The lowest BCUT2D eigenvalue weighted by molar-refractivity contribution is -0.0304. The molecule has 4 heterocycles. The Kier molecular flexibility index (Phi) is 6.05. The van der Waals surface area contributed by atoms with Gasteiger partial charge in [-0.2, -0.15) is 0 Å². The van der Waals surface area contributed by atoms with Crippen LogP contribution < -0.4 is 0 Å². The molecule has 0 radical (unpaired) electrons. The van der Waals surface area contributed by atoms with Crippen molar-refractivity contribution in [1.82, 2.24) is 9.80 Å². The molecule has 0 saturated carbocycles. The molecule has 0 bridgehead atoms. The molecule has 3 unspecified atom stereocenters. The molecule has 4 aliphatic heterocycles. The third-order valence-corrected chi connectivity index (χ3v) is 7.68. The van der Waals surface area contributed by atoms with Gasteiger partial charge >= 0.3 is 0 Å². The lowest BCUT2D eigenvalue weighted by Crippen LogP contribution is -2.47. The van der Waals surface area contributed by atoms with E-state index in [1.54, 1.807) is 0 Å². The molecule has 4 aliphatic rings. The Labute approximate surface area is 168 Å². The van der Waals surface area contributed by atoms with Crippen LogP contribution in [-0.2, 0) is 9.47 Å². The van der Waals surface area contributed by atoms with E-state index in [1.165, 1.54) is 0 Å². The molecule has 6 heteroatoms. The number of halogens is 2. The van der Waals surface area contributed by atoms with Gasteiger partial charge in [-0.1, -0.05) is 0 Å². The lowest BCUT2D eigenvalue weighted by atomic mass is 9.94. The summed E-state index contributed by atoms with van der Waals surface area (Å²) in [4.78, 5) is 4.69. The highest BCUT2D eigenvalue weighted by molar-refractivity contribution is 5.08. The Morgan fingerprint density at radius 1 is 0.964 bits per heavy atom. The third-order valence-electron chi connectivity index (χ3n) is 7.68. The third kappa shape index (κ3) is 3.99. The first kappa shape index (κ1) is 21.0. The Bertz CT molecular complexity index is 551. The molecule has 4 saturated heterocycles. The van der Waals surface area contributed by atoms with Gasteiger partial charge in [0.2, 0.25) is 0 Å². The van der Waals surface area contributed by atoms with Gasteiger partial charge in [-0.05, 0) is 59.4 Å². The first-order chi connectivity index (χ1) is 13.3. The van der Waals surface area contributed by atoms with Crippen LogP contribution in [0.4, 0.5) is 8.78 Å². The van der Waals surface area contributed by atoms with Crippen molar-refractivity contribution in [3.63, 3.8) is 0 Å². The Hall–Kier alpha value is -0.300. The van der Waals surface area contributed by atoms with Crippen molar-refractivity contribution >= 4 is 0 Å². The number of fused-ring (bicyclic) bond motifs is 2. The van der Waals surface area contributed by atoms with Gasteiger partial charge in [-0.25, -0.2) is 8.78 Å². The van der Waals surface area contributed by atoms with E-state index in [4.69, 9.17) is 9.47 Å². The average molecular weight is 401 g/mol. The Morgan fingerprint density at radius 3 is 2.46 bits per heavy atom. The Balaban J connectivity index is 1.32. The van der Waals surface area contributed by atoms with Crippen LogP contribution in [0.2, 0.25) is 0 Å². The van der Waals surface area contributed by atoms with Gasteiger partial charge in [-0.15, -0.1) is 0 Å². The zero-order valence-corrected chi connectivity index (χ0v) is 17.8. The summed E-state index contributed by atoms with van der Waals surface area (Å²) in [6, 6.07) is 0.362. The molecule has 0 aromatic heterocycles. The summed E-state index contributed by atoms with van der Waals surface area (Å²) < 4.78 is 40.4. The summed E-state index contributed by atoms with van der Waals surface area (Å²) in [5.74, 6) is 0. The predicted molar refractivity (Wildman–Crippen MR) is 106 cm³/mol. The number of nitrogens with zero attached hydrogens (tertiary/aromatic N) is 2. The molecule has 0 spiro atoms. The van der Waals surface area contributed by atoms with Gasteiger partial charge in [0.1, 0.15) is 12.3 Å². The Morgan fingerprint density at radius 2 is 1.68 bits per heavy atom. The fraction of sp³-hybridized carbons (Fsp3) is 1.00. The zero-order chi connectivity index (χ0) is 19.9. The minimum atomic E-state index is -0.749. The second-order valence-electron chi connectivity index (χ2n) is 10.2. The van der Waals surface area contributed by atoms with E-state index in [1.807, 2.05) is 13.8 Å². The molecule has 0 aromatic rings. The van der Waals surface area contributed by atoms with Crippen molar-refractivity contribution in [2.75, 3.05) is 32.8 Å². The van der Waals surface area contributed by atoms with E-state index < -0.39 is 12.3 Å². The van der Waals surface area contributed by atoms with Crippen LogP contribution in [0.3, 0.4) is 0 Å². The standard InChI is InChI=1S/C22H38F2N2O2/c1-16(2)27-15-22-7-5-20(26(22)13-19(24)11-22)9-17(3)28-14-21-6-4-8-25(21)12-18(23)10-21/h16-20H,4-15H2,1-3H3/t17?,18-,19-,20?,21-,22?/m1/s1. The molecule has 6 atom stereocenters. The number of rotatable bonds is 8. The van der Waals surface area contributed by atoms with Crippen LogP contribution >= 0.6 is 0 Å². The SMILES string of the molecule is CC(C)OCC12CCC(CC(C)OC[C@]34CCCN3C[C@H](F)C4)N1C[C@H](F)C2. The minimum absolute atomic E-state index is 0.0735. The summed E-state index contributed by atoms with van der Waals surface area (Å²) in [6.07, 6.45) is 5.27. The number of hydrogen-bond donors (Lipinski definition) is 0. The first-order valence-corrected chi connectivity index (χ1v) is 11.4. The molecule has 0 N–H and O–H groups in total. The molecule has 0 aromatic carbocycles. The molecule has 28 heavy (non-hydrogen) atoms. The molecule has 4 nitrogen and oxygen atoms in total. The monoisotopic (exact) mass is 400 g/mol. The van der Waals surface area contributed by atoms with Crippen molar-refractivity contribution in [3.05, 3.63) is 0 Å². The van der Waals surface area contributed by atoms with Crippen molar-refractivity contribution in [2.24, 2.45) is 0 Å². The largest absolute Gasteiger partial charge is 0.377 e. The van der Waals surface area contributed by atoms with Gasteiger partial charge in [-0.3, -0.25) is 9.80 Å². The smallest absolute Gasteiger partial charge is 0.115 e. The maximum absolute atomic E-state index is 14.3. The van der Waals surface area contributed by atoms with Crippen LogP contribution in [0.25, 0.3) is 0 Å². The molecule has 162 valence electrons. The van der Waals surface area contributed by atoms with Gasteiger partial charge in [0.25, 0.3) is 0 Å². The van der Waals surface area contributed by atoms with Crippen LogP contribution in [0.1, 0.15) is 65.7 Å². The van der Waals surface area contributed by atoms with Crippen molar-refractivity contribution in [2.45, 2.75) is 107 Å². The van der Waals surface area contributed by atoms with Crippen LogP contribution in [0, 0.1) is 0 Å². The van der Waals surface area contributed by atoms with Gasteiger partial charge in [0.05, 0.1) is 25.4 Å². The highest BCUT2D eigenvalue weighted by Crippen LogP contribution is 2.45. The van der Waals surface area contributed by atoms with E-state index >= 15 is 0 Å². The number of ether oxygens (including phenoxy) is 2. The summed E-state index contributed by atoms with van der Waals surface area (Å²) in [5, 5.41) is 0. The summed E-state index contributed by atoms with van der Waals surface area (Å²) in [5.41, 5.74) is -0.197. The first-order valence-electron chi connectivity index (χ1n) is 11.4. The maximum Gasteiger partial charge on any atom is 0.115 e. The highest BCUT2D eigenvalue weighted by Gasteiger charge is 2.53. The molecule has 4 rings (SSSR count). The van der Waals surface area contributed by atoms with Gasteiger partial charge in [0, 0.05) is 43.1 Å². The minimum Gasteiger partial charge on any atom is -0.377 e. The quantitative estimate of drug-likeness (QED) is 0.620.